The molecule has 2 rings (SSSR count). The van der Waals surface area contributed by atoms with Gasteiger partial charge >= 0.3 is 0 Å². The highest BCUT2D eigenvalue weighted by Crippen LogP contribution is 2.42. The van der Waals surface area contributed by atoms with Gasteiger partial charge in [-0.2, -0.15) is 0 Å². The van der Waals surface area contributed by atoms with Gasteiger partial charge in [-0.3, -0.25) is 0 Å². The number of fused-ring (bicyclic) bond motifs is 2. The van der Waals surface area contributed by atoms with E-state index in [0.717, 1.165) is 18.1 Å². The Morgan fingerprint density at radius 1 is 1.44 bits per heavy atom. The second-order valence-electron chi connectivity index (χ2n) is 3.17. The van der Waals surface area contributed by atoms with Crippen LogP contribution >= 0.6 is 0 Å². The van der Waals surface area contributed by atoms with Crippen molar-refractivity contribution in [1.82, 2.24) is 0 Å². The molecule has 0 radical (unpaired) electrons. The van der Waals surface area contributed by atoms with Crippen molar-refractivity contribution < 1.29 is 5.21 Å². The molecule has 2 aliphatic carbocycles. The van der Waals surface area contributed by atoms with Crippen LogP contribution < -0.4 is 0 Å². The van der Waals surface area contributed by atoms with Gasteiger partial charge in [0.05, 0.1) is 5.71 Å². The van der Waals surface area contributed by atoms with Crippen molar-refractivity contribution in [2.75, 3.05) is 0 Å². The van der Waals surface area contributed by atoms with E-state index in [9.17, 15) is 0 Å². The van der Waals surface area contributed by atoms with E-state index < -0.39 is 0 Å². The van der Waals surface area contributed by atoms with Crippen LogP contribution in [0.15, 0.2) is 5.16 Å². The van der Waals surface area contributed by atoms with Crippen LogP contribution in [0.3, 0.4) is 0 Å². The molecule has 0 saturated heterocycles. The van der Waals surface area contributed by atoms with E-state index in [2.05, 4.69) is 5.16 Å². The Bertz CT molecular complexity index is 153. The normalized spacial score (nSPS) is 44.7. The first-order valence-electron chi connectivity index (χ1n) is 3.61. The van der Waals surface area contributed by atoms with Crippen LogP contribution in [-0.4, -0.2) is 10.9 Å². The number of rotatable bonds is 0. The monoisotopic (exact) mass is 125 g/mol. The summed E-state index contributed by atoms with van der Waals surface area (Å²) in [5.74, 6) is 1.51. The minimum absolute atomic E-state index is 0.653. The topological polar surface area (TPSA) is 32.6 Å². The molecule has 2 saturated carbocycles. The van der Waals surface area contributed by atoms with Crippen LogP contribution in [0.1, 0.15) is 25.7 Å². The summed E-state index contributed by atoms with van der Waals surface area (Å²) in [5.41, 5.74) is 1.06. The fourth-order valence-electron chi connectivity index (χ4n) is 2.15. The summed E-state index contributed by atoms with van der Waals surface area (Å²) >= 11 is 0. The lowest BCUT2D eigenvalue weighted by Crippen LogP contribution is -2.08. The van der Waals surface area contributed by atoms with Crippen molar-refractivity contribution in [3.05, 3.63) is 0 Å². The SMILES string of the molecule is O/N=C1\C[C@H]2CC[C@@H]1C2. The lowest BCUT2D eigenvalue weighted by Gasteiger charge is -2.08. The van der Waals surface area contributed by atoms with Crippen LogP contribution in [0.5, 0.6) is 0 Å². The fourth-order valence-corrected chi connectivity index (χ4v) is 2.15. The summed E-state index contributed by atoms with van der Waals surface area (Å²) in [5, 5.41) is 11.8. The first-order chi connectivity index (χ1) is 4.40. The fraction of sp³-hybridized carbons (Fsp3) is 0.857. The molecule has 2 atom stereocenters. The van der Waals surface area contributed by atoms with Gasteiger partial charge in [-0.25, -0.2) is 0 Å². The zero-order valence-electron chi connectivity index (χ0n) is 5.38. The molecule has 9 heavy (non-hydrogen) atoms. The number of nitrogens with zero attached hydrogens (tertiary/aromatic N) is 1. The third kappa shape index (κ3) is 0.655. The maximum atomic E-state index is 8.48. The average molecular weight is 125 g/mol. The van der Waals surface area contributed by atoms with Crippen LogP contribution in [-0.2, 0) is 0 Å². The second-order valence-corrected chi connectivity index (χ2v) is 3.17. The molecule has 2 nitrogen and oxygen atoms in total. The molecular formula is C7H11NO. The predicted molar refractivity (Wildman–Crippen MR) is 34.7 cm³/mol. The Kier molecular flexibility index (Phi) is 1.01. The Morgan fingerprint density at radius 2 is 2.33 bits per heavy atom. The van der Waals surface area contributed by atoms with E-state index >= 15 is 0 Å². The maximum Gasteiger partial charge on any atom is 0.0604 e. The Labute approximate surface area is 54.6 Å². The molecule has 0 unspecified atom stereocenters. The third-order valence-corrected chi connectivity index (χ3v) is 2.64. The average Bonchev–Trinajstić information content (AvgIpc) is 2.45. The minimum Gasteiger partial charge on any atom is -0.411 e. The third-order valence-electron chi connectivity index (χ3n) is 2.64. The van der Waals surface area contributed by atoms with E-state index in [4.69, 9.17) is 5.21 Å². The molecule has 2 aliphatic rings. The second kappa shape index (κ2) is 1.72. The van der Waals surface area contributed by atoms with Gasteiger partial charge < -0.3 is 5.21 Å². The molecule has 0 amide bonds. The summed E-state index contributed by atoms with van der Waals surface area (Å²) in [6.45, 7) is 0. The van der Waals surface area contributed by atoms with E-state index in [-0.39, 0.29) is 0 Å². The molecule has 0 aromatic heterocycles. The Morgan fingerprint density at radius 3 is 2.67 bits per heavy atom. The molecule has 50 valence electrons. The van der Waals surface area contributed by atoms with E-state index in [1.54, 1.807) is 0 Å². The summed E-state index contributed by atoms with van der Waals surface area (Å²) in [6.07, 6.45) is 4.99. The molecule has 0 heterocycles. The summed E-state index contributed by atoms with van der Waals surface area (Å²) < 4.78 is 0. The molecule has 2 fully saturated rings. The molecule has 0 spiro atoms. The van der Waals surface area contributed by atoms with Gasteiger partial charge in [0, 0.05) is 5.92 Å². The Hall–Kier alpha value is -0.530. The first-order valence-corrected chi connectivity index (χ1v) is 3.61. The molecule has 0 aromatic rings. The first kappa shape index (κ1) is 5.27. The van der Waals surface area contributed by atoms with E-state index in [0.29, 0.717) is 5.92 Å². The quantitative estimate of drug-likeness (QED) is 0.387. The predicted octanol–water partition coefficient (Wildman–Crippen LogP) is 1.64. The highest BCUT2D eigenvalue weighted by molar-refractivity contribution is 5.89. The van der Waals surface area contributed by atoms with Gasteiger partial charge in [0.25, 0.3) is 0 Å². The van der Waals surface area contributed by atoms with Gasteiger partial charge in [0.1, 0.15) is 0 Å². The van der Waals surface area contributed by atoms with Gasteiger partial charge in [-0.05, 0) is 31.6 Å². The van der Waals surface area contributed by atoms with Crippen molar-refractivity contribution >= 4 is 5.71 Å². The lowest BCUT2D eigenvalue weighted by molar-refractivity contribution is 0.313. The van der Waals surface area contributed by atoms with Crippen LogP contribution in [0.25, 0.3) is 0 Å². The largest absolute Gasteiger partial charge is 0.411 e. The number of hydrogen-bond acceptors (Lipinski definition) is 2. The highest BCUT2D eigenvalue weighted by atomic mass is 16.4. The molecule has 0 aliphatic heterocycles. The van der Waals surface area contributed by atoms with E-state index in [1.807, 2.05) is 0 Å². The smallest absolute Gasteiger partial charge is 0.0604 e. The van der Waals surface area contributed by atoms with Crippen molar-refractivity contribution in [3.8, 4) is 0 Å². The van der Waals surface area contributed by atoms with E-state index in [1.165, 1.54) is 19.3 Å². The van der Waals surface area contributed by atoms with Crippen LogP contribution in [0.2, 0.25) is 0 Å². The summed E-state index contributed by atoms with van der Waals surface area (Å²) in [6, 6.07) is 0. The van der Waals surface area contributed by atoms with Crippen LogP contribution in [0.4, 0.5) is 0 Å². The Balaban J connectivity index is 2.18. The maximum absolute atomic E-state index is 8.48. The van der Waals surface area contributed by atoms with Gasteiger partial charge in [0.2, 0.25) is 0 Å². The van der Waals surface area contributed by atoms with Crippen molar-refractivity contribution in [2.45, 2.75) is 25.7 Å². The molecule has 2 heteroatoms. The molecule has 1 N–H and O–H groups in total. The number of hydrogen-bond donors (Lipinski definition) is 1. The summed E-state index contributed by atoms with van der Waals surface area (Å²) in [7, 11) is 0. The molecular weight excluding hydrogens is 114 g/mol. The summed E-state index contributed by atoms with van der Waals surface area (Å²) in [4.78, 5) is 0. The molecule has 0 aromatic carbocycles. The van der Waals surface area contributed by atoms with Gasteiger partial charge in [-0.15, -0.1) is 0 Å². The zero-order valence-corrected chi connectivity index (χ0v) is 5.38. The lowest BCUT2D eigenvalue weighted by atomic mass is 9.99. The van der Waals surface area contributed by atoms with Crippen LogP contribution in [0, 0.1) is 11.8 Å². The van der Waals surface area contributed by atoms with Crippen molar-refractivity contribution in [2.24, 2.45) is 17.0 Å². The van der Waals surface area contributed by atoms with Gasteiger partial charge in [-0.1, -0.05) is 5.16 Å². The minimum atomic E-state index is 0.653. The number of oxime groups is 1. The zero-order chi connectivity index (χ0) is 6.27. The standard InChI is InChI=1S/C7H11NO/c9-8-7-4-5-1-2-6(7)3-5/h5-6,9H,1-4H2/b8-7+/t5-,6+/m0/s1. The van der Waals surface area contributed by atoms with Crippen molar-refractivity contribution in [3.63, 3.8) is 0 Å². The van der Waals surface area contributed by atoms with Gasteiger partial charge in [0.15, 0.2) is 0 Å². The molecule has 2 bridgehead atoms. The van der Waals surface area contributed by atoms with Crippen molar-refractivity contribution in [1.29, 1.82) is 0 Å². The highest BCUT2D eigenvalue weighted by Gasteiger charge is 2.36.